The van der Waals surface area contributed by atoms with Gasteiger partial charge in [0.25, 0.3) is 0 Å². The fraction of sp³-hybridized carbons (Fsp3) is 1.00. The minimum atomic E-state index is 0.602. The Hall–Kier alpha value is 0. The summed E-state index contributed by atoms with van der Waals surface area (Å²) in [5, 5.41) is 0. The lowest BCUT2D eigenvalue weighted by Crippen LogP contribution is -2.17. The van der Waals surface area contributed by atoms with Gasteiger partial charge in [0.2, 0.25) is 0 Å². The predicted octanol–water partition coefficient (Wildman–Crippen LogP) is 5.28. The third kappa shape index (κ3) is 2.46. The third-order valence-corrected chi connectivity index (χ3v) is 5.70. The van der Waals surface area contributed by atoms with E-state index >= 15 is 0 Å². The monoisotopic (exact) mass is 222 g/mol. The Morgan fingerprint density at radius 1 is 1.06 bits per heavy atom. The molecule has 2 aliphatic rings. The molecule has 0 heterocycles. The van der Waals surface area contributed by atoms with Crippen LogP contribution in [0.3, 0.4) is 0 Å². The summed E-state index contributed by atoms with van der Waals surface area (Å²) in [6.45, 7) is 12.4. The van der Waals surface area contributed by atoms with Crippen LogP contribution in [-0.4, -0.2) is 0 Å². The highest BCUT2D eigenvalue weighted by Crippen LogP contribution is 2.53. The van der Waals surface area contributed by atoms with Gasteiger partial charge in [0.15, 0.2) is 0 Å². The molecular weight excluding hydrogens is 192 g/mol. The SMILES string of the molecule is CC1CCC(C)(CC2CC(C)C(C)(C)C2)C1. The molecule has 0 amide bonds. The van der Waals surface area contributed by atoms with Crippen molar-refractivity contribution in [1.82, 2.24) is 0 Å². The van der Waals surface area contributed by atoms with Crippen LogP contribution in [0.25, 0.3) is 0 Å². The lowest BCUT2D eigenvalue weighted by atomic mass is 9.77. The average Bonchev–Trinajstić information content (AvgIpc) is 2.55. The minimum Gasteiger partial charge on any atom is -0.0625 e. The molecule has 0 aromatic carbocycles. The Labute approximate surface area is 102 Å². The molecule has 2 fully saturated rings. The van der Waals surface area contributed by atoms with Crippen molar-refractivity contribution in [2.45, 2.75) is 73.1 Å². The molecule has 0 bridgehead atoms. The molecule has 0 aliphatic heterocycles. The van der Waals surface area contributed by atoms with Crippen LogP contribution < -0.4 is 0 Å². The fourth-order valence-corrected chi connectivity index (χ4v) is 4.53. The summed E-state index contributed by atoms with van der Waals surface area (Å²) < 4.78 is 0. The van der Waals surface area contributed by atoms with E-state index < -0.39 is 0 Å². The summed E-state index contributed by atoms with van der Waals surface area (Å²) in [6, 6.07) is 0. The van der Waals surface area contributed by atoms with E-state index in [1.54, 1.807) is 0 Å². The zero-order valence-electron chi connectivity index (χ0n) is 12.0. The van der Waals surface area contributed by atoms with Gasteiger partial charge in [-0.15, -0.1) is 0 Å². The van der Waals surface area contributed by atoms with Crippen molar-refractivity contribution in [3.63, 3.8) is 0 Å². The van der Waals surface area contributed by atoms with Gasteiger partial charge in [-0.1, -0.05) is 41.0 Å². The molecule has 0 N–H and O–H groups in total. The molecule has 0 aromatic heterocycles. The average molecular weight is 222 g/mol. The Morgan fingerprint density at radius 2 is 1.75 bits per heavy atom. The number of hydrogen-bond donors (Lipinski definition) is 0. The van der Waals surface area contributed by atoms with Crippen LogP contribution in [0, 0.1) is 28.6 Å². The van der Waals surface area contributed by atoms with E-state index in [1.807, 2.05) is 0 Å². The van der Waals surface area contributed by atoms with E-state index in [-0.39, 0.29) is 0 Å². The van der Waals surface area contributed by atoms with Crippen LogP contribution in [-0.2, 0) is 0 Å². The van der Waals surface area contributed by atoms with Gasteiger partial charge in [0.05, 0.1) is 0 Å². The highest BCUT2D eigenvalue weighted by Gasteiger charge is 2.42. The van der Waals surface area contributed by atoms with Gasteiger partial charge < -0.3 is 0 Å². The Morgan fingerprint density at radius 3 is 2.19 bits per heavy atom. The van der Waals surface area contributed by atoms with Crippen LogP contribution >= 0.6 is 0 Å². The van der Waals surface area contributed by atoms with Crippen LogP contribution in [0.5, 0.6) is 0 Å². The largest absolute Gasteiger partial charge is 0.0625 e. The second-order valence-electron chi connectivity index (χ2n) is 8.06. The van der Waals surface area contributed by atoms with E-state index in [0.717, 1.165) is 17.8 Å². The first-order valence-electron chi connectivity index (χ1n) is 7.31. The maximum absolute atomic E-state index is 2.55. The maximum atomic E-state index is 2.55. The lowest BCUT2D eigenvalue weighted by molar-refractivity contribution is 0.228. The van der Waals surface area contributed by atoms with Crippen molar-refractivity contribution in [3.8, 4) is 0 Å². The number of rotatable bonds is 2. The molecule has 0 radical (unpaired) electrons. The van der Waals surface area contributed by atoms with Gasteiger partial charge >= 0.3 is 0 Å². The lowest BCUT2D eigenvalue weighted by Gasteiger charge is -2.28. The van der Waals surface area contributed by atoms with E-state index in [4.69, 9.17) is 0 Å². The van der Waals surface area contributed by atoms with Gasteiger partial charge in [-0.2, -0.15) is 0 Å². The Bertz CT molecular complexity index is 253. The van der Waals surface area contributed by atoms with Crippen molar-refractivity contribution in [3.05, 3.63) is 0 Å². The molecule has 94 valence electrons. The topological polar surface area (TPSA) is 0 Å². The van der Waals surface area contributed by atoms with Crippen molar-refractivity contribution in [1.29, 1.82) is 0 Å². The van der Waals surface area contributed by atoms with Gasteiger partial charge in [0, 0.05) is 0 Å². The molecule has 4 atom stereocenters. The van der Waals surface area contributed by atoms with Gasteiger partial charge in [-0.3, -0.25) is 0 Å². The normalized spacial score (nSPS) is 47.4. The highest BCUT2D eigenvalue weighted by atomic mass is 14.5. The minimum absolute atomic E-state index is 0.602. The van der Waals surface area contributed by atoms with Crippen molar-refractivity contribution in [2.24, 2.45) is 28.6 Å². The summed E-state index contributed by atoms with van der Waals surface area (Å²) in [7, 11) is 0. The fourth-order valence-electron chi connectivity index (χ4n) is 4.53. The van der Waals surface area contributed by atoms with Crippen molar-refractivity contribution >= 4 is 0 Å². The van der Waals surface area contributed by atoms with Gasteiger partial charge in [-0.25, -0.2) is 0 Å². The van der Waals surface area contributed by atoms with E-state index in [9.17, 15) is 0 Å². The van der Waals surface area contributed by atoms with E-state index in [0.29, 0.717) is 10.8 Å². The first-order chi connectivity index (χ1) is 7.31. The first-order valence-corrected chi connectivity index (χ1v) is 7.31. The predicted molar refractivity (Wildman–Crippen MR) is 71.4 cm³/mol. The zero-order chi connectivity index (χ0) is 12.0. The van der Waals surface area contributed by atoms with Crippen LogP contribution in [0.15, 0.2) is 0 Å². The molecule has 2 saturated carbocycles. The summed E-state index contributed by atoms with van der Waals surface area (Å²) in [5.74, 6) is 2.93. The molecule has 2 rings (SSSR count). The van der Waals surface area contributed by atoms with Gasteiger partial charge in [-0.05, 0) is 60.7 Å². The van der Waals surface area contributed by atoms with E-state index in [1.165, 1.54) is 38.5 Å². The molecular formula is C16H30. The summed E-state index contributed by atoms with van der Waals surface area (Å²) in [6.07, 6.45) is 8.90. The standard InChI is InChI=1S/C16H30/c1-12-6-7-16(5,9-12)11-14-8-13(2)15(3,4)10-14/h12-14H,6-11H2,1-5H3. The van der Waals surface area contributed by atoms with Crippen LogP contribution in [0.2, 0.25) is 0 Å². The zero-order valence-corrected chi connectivity index (χ0v) is 12.0. The highest BCUT2D eigenvalue weighted by molar-refractivity contribution is 4.92. The second-order valence-corrected chi connectivity index (χ2v) is 8.06. The molecule has 0 heteroatoms. The first kappa shape index (κ1) is 12.5. The molecule has 0 spiro atoms. The molecule has 16 heavy (non-hydrogen) atoms. The molecule has 0 aromatic rings. The molecule has 0 saturated heterocycles. The summed E-state index contributed by atoms with van der Waals surface area (Å²) in [5.41, 5.74) is 1.29. The van der Waals surface area contributed by atoms with Crippen molar-refractivity contribution in [2.75, 3.05) is 0 Å². The maximum Gasteiger partial charge on any atom is -0.0321 e. The Balaban J connectivity index is 1.92. The molecule has 0 nitrogen and oxygen atoms in total. The second kappa shape index (κ2) is 4.03. The summed E-state index contributed by atoms with van der Waals surface area (Å²) >= 11 is 0. The molecule has 2 aliphatic carbocycles. The summed E-state index contributed by atoms with van der Waals surface area (Å²) in [4.78, 5) is 0. The smallest absolute Gasteiger partial charge is 0.0321 e. The molecule has 4 unspecified atom stereocenters. The van der Waals surface area contributed by atoms with Crippen molar-refractivity contribution < 1.29 is 0 Å². The van der Waals surface area contributed by atoms with Gasteiger partial charge in [0.1, 0.15) is 0 Å². The van der Waals surface area contributed by atoms with Crippen LogP contribution in [0.1, 0.15) is 73.1 Å². The quantitative estimate of drug-likeness (QED) is 0.596. The Kier molecular flexibility index (Phi) is 3.14. The number of hydrogen-bond acceptors (Lipinski definition) is 0. The third-order valence-electron chi connectivity index (χ3n) is 5.70. The van der Waals surface area contributed by atoms with Crippen LogP contribution in [0.4, 0.5) is 0 Å². The van der Waals surface area contributed by atoms with E-state index in [2.05, 4.69) is 34.6 Å².